The van der Waals surface area contributed by atoms with Gasteiger partial charge >= 0.3 is 6.03 Å². The number of imide groups is 1. The number of rotatable bonds is 5. The Balaban J connectivity index is 1.73. The van der Waals surface area contributed by atoms with E-state index in [4.69, 9.17) is 39.5 Å². The second-order valence-corrected chi connectivity index (χ2v) is 7.11. The van der Waals surface area contributed by atoms with Gasteiger partial charge in [-0.15, -0.1) is 0 Å². The monoisotopic (exact) mass is 412 g/mol. The largest absolute Gasteiger partial charge is 0.489 e. The number of nitrogens with zero attached hydrogens (tertiary/aromatic N) is 1. The summed E-state index contributed by atoms with van der Waals surface area (Å²) >= 11 is 18.3. The van der Waals surface area contributed by atoms with E-state index in [-0.39, 0.29) is 13.2 Å². The van der Waals surface area contributed by atoms with E-state index < -0.39 is 17.5 Å². The number of amides is 3. The van der Waals surface area contributed by atoms with Gasteiger partial charge in [0, 0.05) is 10.6 Å². The summed E-state index contributed by atoms with van der Waals surface area (Å²) in [7, 11) is 0. The van der Waals surface area contributed by atoms with Crippen LogP contribution < -0.4 is 10.1 Å². The van der Waals surface area contributed by atoms with Crippen molar-refractivity contribution in [3.8, 4) is 5.75 Å². The Kier molecular flexibility index (Phi) is 5.32. The Labute approximate surface area is 165 Å². The SMILES string of the molecule is C[C@@]1(c2ccccc2Cl)NC(=O)N(CCOc2c(Cl)cccc2Cl)C1=O. The van der Waals surface area contributed by atoms with Gasteiger partial charge in [-0.25, -0.2) is 4.79 Å². The van der Waals surface area contributed by atoms with Crippen molar-refractivity contribution in [1.29, 1.82) is 0 Å². The summed E-state index contributed by atoms with van der Waals surface area (Å²) in [5, 5.41) is 3.83. The molecule has 1 N–H and O–H groups in total. The number of carbonyl (C=O) groups is 2. The lowest BCUT2D eigenvalue weighted by Crippen LogP contribution is -2.41. The quantitative estimate of drug-likeness (QED) is 0.735. The highest BCUT2D eigenvalue weighted by atomic mass is 35.5. The molecule has 2 aromatic rings. The third-order valence-electron chi connectivity index (χ3n) is 4.17. The summed E-state index contributed by atoms with van der Waals surface area (Å²) in [5.41, 5.74) is -0.685. The molecule has 0 bridgehead atoms. The lowest BCUT2D eigenvalue weighted by Gasteiger charge is -2.23. The van der Waals surface area contributed by atoms with Crippen LogP contribution in [-0.2, 0) is 10.3 Å². The molecule has 136 valence electrons. The highest BCUT2D eigenvalue weighted by Crippen LogP contribution is 2.34. The Hall–Kier alpha value is -1.95. The van der Waals surface area contributed by atoms with Crippen LogP contribution >= 0.6 is 34.8 Å². The summed E-state index contributed by atoms with van der Waals surface area (Å²) < 4.78 is 5.56. The molecule has 1 heterocycles. The van der Waals surface area contributed by atoms with E-state index in [0.717, 1.165) is 4.90 Å². The molecular formula is C18H15Cl3N2O3. The van der Waals surface area contributed by atoms with Crippen LogP contribution in [-0.4, -0.2) is 30.0 Å². The zero-order valence-corrected chi connectivity index (χ0v) is 16.0. The molecule has 1 aliphatic rings. The smallest absolute Gasteiger partial charge is 0.325 e. The maximum Gasteiger partial charge on any atom is 0.325 e. The van der Waals surface area contributed by atoms with Crippen molar-refractivity contribution in [2.45, 2.75) is 12.5 Å². The van der Waals surface area contributed by atoms with Crippen molar-refractivity contribution in [2.24, 2.45) is 0 Å². The average molecular weight is 414 g/mol. The first-order chi connectivity index (χ1) is 12.3. The lowest BCUT2D eigenvalue weighted by molar-refractivity contribution is -0.131. The maximum absolute atomic E-state index is 12.8. The zero-order chi connectivity index (χ0) is 18.9. The number of carbonyl (C=O) groups excluding carboxylic acids is 2. The van der Waals surface area contributed by atoms with Gasteiger partial charge in [0.15, 0.2) is 5.75 Å². The molecule has 0 radical (unpaired) electrons. The topological polar surface area (TPSA) is 58.6 Å². The molecule has 8 heteroatoms. The summed E-state index contributed by atoms with van der Waals surface area (Å²) in [6, 6.07) is 11.4. The van der Waals surface area contributed by atoms with Crippen LogP contribution in [0.1, 0.15) is 12.5 Å². The fourth-order valence-corrected chi connectivity index (χ4v) is 3.64. The van der Waals surface area contributed by atoms with Crippen molar-refractivity contribution in [1.82, 2.24) is 10.2 Å². The van der Waals surface area contributed by atoms with Gasteiger partial charge in [0.05, 0.1) is 16.6 Å². The van der Waals surface area contributed by atoms with Gasteiger partial charge in [-0.2, -0.15) is 0 Å². The zero-order valence-electron chi connectivity index (χ0n) is 13.8. The summed E-state index contributed by atoms with van der Waals surface area (Å²) in [4.78, 5) is 26.2. The summed E-state index contributed by atoms with van der Waals surface area (Å²) in [5.74, 6) is -0.0822. The number of hydrogen-bond acceptors (Lipinski definition) is 3. The average Bonchev–Trinajstić information content (AvgIpc) is 2.81. The molecule has 0 unspecified atom stereocenters. The fraction of sp³-hybridized carbons (Fsp3) is 0.222. The van der Waals surface area contributed by atoms with Gasteiger partial charge in [-0.05, 0) is 25.1 Å². The first-order valence-corrected chi connectivity index (χ1v) is 8.94. The number of halogens is 3. The molecule has 3 amide bonds. The van der Waals surface area contributed by atoms with E-state index in [1.165, 1.54) is 0 Å². The molecular weight excluding hydrogens is 399 g/mol. The van der Waals surface area contributed by atoms with E-state index in [1.807, 2.05) is 0 Å². The molecule has 5 nitrogen and oxygen atoms in total. The first-order valence-electron chi connectivity index (χ1n) is 7.80. The minimum Gasteiger partial charge on any atom is -0.489 e. The van der Waals surface area contributed by atoms with Crippen molar-refractivity contribution < 1.29 is 14.3 Å². The molecule has 0 aromatic heterocycles. The number of ether oxygens (including phenoxy) is 1. The third kappa shape index (κ3) is 3.34. The molecule has 0 spiro atoms. The number of hydrogen-bond donors (Lipinski definition) is 1. The Morgan fingerprint density at radius 3 is 2.27 bits per heavy atom. The highest BCUT2D eigenvalue weighted by Gasteiger charge is 2.49. The fourth-order valence-electron chi connectivity index (χ4n) is 2.81. The summed E-state index contributed by atoms with van der Waals surface area (Å²) in [6.45, 7) is 1.73. The predicted octanol–water partition coefficient (Wildman–Crippen LogP) is 4.49. The number of para-hydroxylation sites is 1. The van der Waals surface area contributed by atoms with Crippen molar-refractivity contribution >= 4 is 46.7 Å². The van der Waals surface area contributed by atoms with Crippen LogP contribution in [0.15, 0.2) is 42.5 Å². The molecule has 0 aliphatic carbocycles. The van der Waals surface area contributed by atoms with Crippen molar-refractivity contribution in [3.63, 3.8) is 0 Å². The van der Waals surface area contributed by atoms with Crippen LogP contribution in [0.25, 0.3) is 0 Å². The van der Waals surface area contributed by atoms with Gasteiger partial charge in [-0.1, -0.05) is 59.1 Å². The highest BCUT2D eigenvalue weighted by molar-refractivity contribution is 6.37. The van der Waals surface area contributed by atoms with Gasteiger partial charge in [0.25, 0.3) is 5.91 Å². The van der Waals surface area contributed by atoms with Crippen LogP contribution in [0.4, 0.5) is 4.79 Å². The Morgan fingerprint density at radius 2 is 1.62 bits per heavy atom. The summed E-state index contributed by atoms with van der Waals surface area (Å²) in [6.07, 6.45) is 0. The minimum atomic E-state index is -1.22. The van der Waals surface area contributed by atoms with E-state index in [2.05, 4.69) is 5.32 Å². The van der Waals surface area contributed by atoms with Gasteiger partial charge in [-0.3, -0.25) is 9.69 Å². The third-order valence-corrected chi connectivity index (χ3v) is 5.09. The van der Waals surface area contributed by atoms with Crippen molar-refractivity contribution in [3.05, 3.63) is 63.1 Å². The van der Waals surface area contributed by atoms with Crippen LogP contribution in [0.5, 0.6) is 5.75 Å². The van der Waals surface area contributed by atoms with E-state index >= 15 is 0 Å². The molecule has 1 atom stereocenters. The van der Waals surface area contributed by atoms with Gasteiger partial charge in [0.2, 0.25) is 0 Å². The van der Waals surface area contributed by atoms with E-state index in [1.54, 1.807) is 49.4 Å². The number of benzene rings is 2. The lowest BCUT2D eigenvalue weighted by atomic mass is 9.92. The molecule has 1 saturated heterocycles. The Morgan fingerprint density at radius 1 is 1.00 bits per heavy atom. The minimum absolute atomic E-state index is 0.0479. The molecule has 1 fully saturated rings. The van der Waals surface area contributed by atoms with Crippen LogP contribution in [0.2, 0.25) is 15.1 Å². The first kappa shape index (κ1) is 18.8. The molecule has 2 aromatic carbocycles. The second-order valence-electron chi connectivity index (χ2n) is 5.89. The Bertz CT molecular complexity index is 854. The molecule has 0 saturated carbocycles. The van der Waals surface area contributed by atoms with Gasteiger partial charge < -0.3 is 10.1 Å². The van der Waals surface area contributed by atoms with Crippen LogP contribution in [0.3, 0.4) is 0 Å². The van der Waals surface area contributed by atoms with Gasteiger partial charge in [0.1, 0.15) is 12.1 Å². The van der Waals surface area contributed by atoms with E-state index in [9.17, 15) is 9.59 Å². The number of urea groups is 1. The predicted molar refractivity (Wildman–Crippen MR) is 101 cm³/mol. The second kappa shape index (κ2) is 7.35. The molecule has 26 heavy (non-hydrogen) atoms. The maximum atomic E-state index is 12.8. The van der Waals surface area contributed by atoms with E-state index in [0.29, 0.717) is 26.4 Å². The molecule has 1 aliphatic heterocycles. The molecule has 3 rings (SSSR count). The standard InChI is InChI=1S/C18H15Cl3N2O3/c1-18(11-5-2-3-6-12(11)19)16(24)23(17(25)22-18)9-10-26-15-13(20)7-4-8-14(15)21/h2-8H,9-10H2,1H3,(H,22,25)/t18-/m0/s1. The number of nitrogens with one attached hydrogen (secondary N) is 1. The van der Waals surface area contributed by atoms with Crippen LogP contribution in [0, 0.1) is 0 Å². The van der Waals surface area contributed by atoms with Crippen molar-refractivity contribution in [2.75, 3.05) is 13.2 Å². The normalized spacial score (nSPS) is 19.6.